The summed E-state index contributed by atoms with van der Waals surface area (Å²) in [6, 6.07) is 15.7. The molecule has 5 rings (SSSR count). The lowest BCUT2D eigenvalue weighted by Gasteiger charge is -2.31. The van der Waals surface area contributed by atoms with Crippen molar-refractivity contribution in [2.24, 2.45) is 5.92 Å². The Labute approximate surface area is 231 Å². The van der Waals surface area contributed by atoms with Crippen molar-refractivity contribution in [2.75, 3.05) is 38.6 Å². The van der Waals surface area contributed by atoms with E-state index in [-0.39, 0.29) is 17.7 Å². The van der Waals surface area contributed by atoms with Gasteiger partial charge in [0, 0.05) is 48.9 Å². The zero-order chi connectivity index (χ0) is 27.0. The number of carbonyl (C=O) groups excluding carboxylic acids is 2. The topological polar surface area (TPSA) is 83.6 Å². The van der Waals surface area contributed by atoms with Gasteiger partial charge in [-0.2, -0.15) is 0 Å². The molecule has 1 saturated heterocycles. The number of nitrogens with zero attached hydrogens (tertiary/aromatic N) is 2. The third-order valence-corrected chi connectivity index (χ3v) is 8.11. The van der Waals surface area contributed by atoms with Crippen LogP contribution in [0.5, 0.6) is 5.75 Å². The number of para-hydroxylation sites is 2. The first-order valence-corrected chi connectivity index (χ1v) is 14.5. The molecule has 3 aromatic rings. The fourth-order valence-electron chi connectivity index (χ4n) is 5.91. The Morgan fingerprint density at radius 3 is 2.54 bits per heavy atom. The van der Waals surface area contributed by atoms with Crippen LogP contribution >= 0.6 is 0 Å². The molecular weight excluding hydrogens is 488 g/mol. The number of benzene rings is 2. The lowest BCUT2D eigenvalue weighted by Crippen LogP contribution is -2.43. The fourth-order valence-corrected chi connectivity index (χ4v) is 5.91. The molecule has 2 heterocycles. The Kier molecular flexibility index (Phi) is 8.96. The normalized spacial score (nSPS) is 15.6. The number of methoxy groups -OCH3 is 1. The van der Waals surface area contributed by atoms with Crippen LogP contribution in [0.4, 0.5) is 5.69 Å². The first-order chi connectivity index (χ1) is 19.2. The van der Waals surface area contributed by atoms with Crippen molar-refractivity contribution in [3.05, 3.63) is 65.4 Å². The first kappa shape index (κ1) is 27.0. The van der Waals surface area contributed by atoms with E-state index < -0.39 is 0 Å². The molecule has 1 aliphatic heterocycles. The number of nitrogens with one attached hydrogen (secondary N) is 2. The van der Waals surface area contributed by atoms with E-state index in [1.54, 1.807) is 19.2 Å². The van der Waals surface area contributed by atoms with E-state index in [1.807, 2.05) is 17.0 Å². The molecule has 2 N–H and O–H groups in total. The molecule has 0 saturated carbocycles. The molecule has 206 valence electrons. The fraction of sp³-hybridized carbons (Fsp3) is 0.469. The van der Waals surface area contributed by atoms with Crippen LogP contribution in [0, 0.1) is 5.92 Å². The quantitative estimate of drug-likeness (QED) is 0.346. The van der Waals surface area contributed by atoms with Crippen LogP contribution in [0.3, 0.4) is 0 Å². The summed E-state index contributed by atoms with van der Waals surface area (Å²) >= 11 is 0. The van der Waals surface area contributed by atoms with Crippen LogP contribution in [0.1, 0.15) is 66.6 Å². The molecule has 39 heavy (non-hydrogen) atoms. The van der Waals surface area contributed by atoms with Gasteiger partial charge in [-0.1, -0.05) is 30.3 Å². The number of aromatic nitrogens is 1. The summed E-state index contributed by atoms with van der Waals surface area (Å²) in [4.78, 5) is 32.4. The van der Waals surface area contributed by atoms with Crippen LogP contribution in [0.15, 0.2) is 48.5 Å². The second-order valence-corrected chi connectivity index (χ2v) is 10.7. The van der Waals surface area contributed by atoms with Crippen molar-refractivity contribution in [1.29, 1.82) is 0 Å². The van der Waals surface area contributed by atoms with Crippen LogP contribution in [-0.4, -0.2) is 55.0 Å². The Morgan fingerprint density at radius 1 is 0.949 bits per heavy atom. The highest BCUT2D eigenvalue weighted by molar-refractivity contribution is 5.97. The number of piperidine rings is 1. The number of likely N-dealkylation sites (tertiary alicyclic amines) is 1. The van der Waals surface area contributed by atoms with E-state index in [9.17, 15) is 9.59 Å². The second-order valence-electron chi connectivity index (χ2n) is 10.7. The average Bonchev–Trinajstić information content (AvgIpc) is 2.99. The lowest BCUT2D eigenvalue weighted by atomic mass is 9.92. The van der Waals surface area contributed by atoms with E-state index in [0.717, 1.165) is 44.2 Å². The van der Waals surface area contributed by atoms with Gasteiger partial charge in [0.15, 0.2) is 0 Å². The van der Waals surface area contributed by atoms with Crippen molar-refractivity contribution in [3.63, 3.8) is 0 Å². The van der Waals surface area contributed by atoms with E-state index in [0.29, 0.717) is 43.8 Å². The molecule has 0 radical (unpaired) electrons. The molecule has 7 heteroatoms. The Hall–Kier alpha value is -3.61. The van der Waals surface area contributed by atoms with Gasteiger partial charge in [-0.15, -0.1) is 0 Å². The number of aryl methyl sites for hydroxylation is 1. The van der Waals surface area contributed by atoms with Gasteiger partial charge in [-0.3, -0.25) is 14.6 Å². The highest BCUT2D eigenvalue weighted by Gasteiger charge is 2.28. The highest BCUT2D eigenvalue weighted by atomic mass is 16.5. The summed E-state index contributed by atoms with van der Waals surface area (Å²) in [5.41, 5.74) is 5.61. The summed E-state index contributed by atoms with van der Waals surface area (Å²) in [7, 11) is 1.58. The van der Waals surface area contributed by atoms with Crippen LogP contribution in [0.2, 0.25) is 0 Å². The lowest BCUT2D eigenvalue weighted by molar-refractivity contribution is -0.126. The summed E-state index contributed by atoms with van der Waals surface area (Å²) in [6.07, 6.45) is 9.12. The third kappa shape index (κ3) is 6.35. The van der Waals surface area contributed by atoms with Crippen molar-refractivity contribution >= 4 is 28.4 Å². The van der Waals surface area contributed by atoms with Gasteiger partial charge in [0.1, 0.15) is 5.75 Å². The van der Waals surface area contributed by atoms with Gasteiger partial charge >= 0.3 is 0 Å². The number of amides is 2. The maximum atomic E-state index is 12.9. The maximum absolute atomic E-state index is 12.9. The minimum atomic E-state index is -0.0282. The van der Waals surface area contributed by atoms with Gasteiger partial charge in [0.25, 0.3) is 5.91 Å². The van der Waals surface area contributed by atoms with Crippen LogP contribution in [0.25, 0.3) is 10.9 Å². The Balaban J connectivity index is 1.01. The molecule has 2 aromatic carbocycles. The standard InChI is InChI=1S/C32H40N4O3/c1-39-29-16-8-5-13-26(29)32(38)36-21-17-23(18-22-36)31(37)34-20-10-2-9-19-33-30-24-11-3-6-14-27(24)35-28-15-7-4-12-25(28)30/h3,5-6,8,11,13-14,16,23H,2,4,7,9-10,12,15,17-22H2,1H3,(H,33,35)(H,34,37). The average molecular weight is 529 g/mol. The van der Waals surface area contributed by atoms with E-state index in [4.69, 9.17) is 9.72 Å². The number of hydrogen-bond donors (Lipinski definition) is 2. The smallest absolute Gasteiger partial charge is 0.257 e. The summed E-state index contributed by atoms with van der Waals surface area (Å²) in [5.74, 6) is 0.651. The number of pyridine rings is 1. The Bertz CT molecular complexity index is 1300. The summed E-state index contributed by atoms with van der Waals surface area (Å²) in [6.45, 7) is 2.81. The van der Waals surface area contributed by atoms with Gasteiger partial charge in [-0.05, 0) is 81.5 Å². The molecule has 7 nitrogen and oxygen atoms in total. The monoisotopic (exact) mass is 528 g/mol. The second kappa shape index (κ2) is 13.0. The zero-order valence-corrected chi connectivity index (χ0v) is 23.0. The highest BCUT2D eigenvalue weighted by Crippen LogP contribution is 2.33. The number of rotatable bonds is 10. The molecule has 0 bridgehead atoms. The molecule has 1 aliphatic carbocycles. The number of unbranched alkanes of at least 4 members (excludes halogenated alkanes) is 2. The SMILES string of the molecule is COc1ccccc1C(=O)N1CCC(C(=O)NCCCCCNc2c3c(nc4ccccc24)CCCC3)CC1. The number of carbonyl (C=O) groups is 2. The maximum Gasteiger partial charge on any atom is 0.257 e. The molecule has 0 atom stereocenters. The van der Waals surface area contributed by atoms with E-state index in [2.05, 4.69) is 34.9 Å². The first-order valence-electron chi connectivity index (χ1n) is 14.5. The predicted molar refractivity (Wildman–Crippen MR) is 155 cm³/mol. The summed E-state index contributed by atoms with van der Waals surface area (Å²) < 4.78 is 5.34. The molecule has 2 amide bonds. The van der Waals surface area contributed by atoms with Gasteiger partial charge in [0.2, 0.25) is 5.91 Å². The van der Waals surface area contributed by atoms with E-state index >= 15 is 0 Å². The van der Waals surface area contributed by atoms with Crippen molar-refractivity contribution in [1.82, 2.24) is 15.2 Å². The number of anilines is 1. The van der Waals surface area contributed by atoms with Gasteiger partial charge in [0.05, 0.1) is 18.2 Å². The number of hydrogen-bond acceptors (Lipinski definition) is 5. The van der Waals surface area contributed by atoms with Crippen LogP contribution < -0.4 is 15.4 Å². The van der Waals surface area contributed by atoms with Crippen molar-refractivity contribution in [2.45, 2.75) is 57.8 Å². The largest absolute Gasteiger partial charge is 0.496 e. The molecule has 1 fully saturated rings. The third-order valence-electron chi connectivity index (χ3n) is 8.11. The molecule has 1 aromatic heterocycles. The van der Waals surface area contributed by atoms with Crippen LogP contribution in [-0.2, 0) is 17.6 Å². The van der Waals surface area contributed by atoms with Crippen molar-refractivity contribution in [3.8, 4) is 5.75 Å². The molecule has 0 spiro atoms. The molecule has 0 unspecified atom stereocenters. The van der Waals surface area contributed by atoms with Gasteiger partial charge in [-0.25, -0.2) is 0 Å². The number of ether oxygens (including phenoxy) is 1. The minimum absolute atomic E-state index is 0.0276. The molecular formula is C32H40N4O3. The summed E-state index contributed by atoms with van der Waals surface area (Å²) in [5, 5.41) is 8.08. The number of fused-ring (bicyclic) bond motifs is 2. The van der Waals surface area contributed by atoms with E-state index in [1.165, 1.54) is 35.2 Å². The van der Waals surface area contributed by atoms with Gasteiger partial charge < -0.3 is 20.3 Å². The minimum Gasteiger partial charge on any atom is -0.496 e. The predicted octanol–water partition coefficient (Wildman–Crippen LogP) is 5.37. The zero-order valence-electron chi connectivity index (χ0n) is 23.0. The Morgan fingerprint density at radius 2 is 1.69 bits per heavy atom. The van der Waals surface area contributed by atoms with Crippen molar-refractivity contribution < 1.29 is 14.3 Å². The molecule has 2 aliphatic rings.